The molecule has 0 aliphatic carbocycles. The van der Waals surface area contributed by atoms with Gasteiger partial charge in [-0.15, -0.1) is 0 Å². The maximum atomic E-state index is 4.53. The van der Waals surface area contributed by atoms with Crippen molar-refractivity contribution in [1.82, 2.24) is 9.78 Å². The van der Waals surface area contributed by atoms with E-state index in [0.717, 1.165) is 5.33 Å². The lowest BCUT2D eigenvalue weighted by Gasteiger charge is -2.13. The van der Waals surface area contributed by atoms with Gasteiger partial charge in [0.05, 0.1) is 17.6 Å². The van der Waals surface area contributed by atoms with Gasteiger partial charge in [0.2, 0.25) is 0 Å². The molecule has 90 valence electrons. The number of aryl methyl sites for hydroxylation is 1. The van der Waals surface area contributed by atoms with Crippen LogP contribution in [0.3, 0.4) is 0 Å². The Kier molecular flexibility index (Phi) is 3.67. The normalized spacial score (nSPS) is 11.1. The minimum atomic E-state index is 0.463. The number of rotatable bonds is 3. The summed E-state index contributed by atoms with van der Waals surface area (Å²) < 4.78 is 2.07. The minimum absolute atomic E-state index is 0.463. The molecule has 3 heteroatoms. The number of aromatic nitrogens is 2. The van der Waals surface area contributed by atoms with Crippen LogP contribution in [0.5, 0.6) is 0 Å². The molecule has 2 nitrogen and oxygen atoms in total. The van der Waals surface area contributed by atoms with Crippen molar-refractivity contribution in [2.24, 2.45) is 0 Å². The highest BCUT2D eigenvalue weighted by atomic mass is 79.9. The van der Waals surface area contributed by atoms with Crippen molar-refractivity contribution in [1.29, 1.82) is 0 Å². The van der Waals surface area contributed by atoms with E-state index in [1.807, 2.05) is 6.20 Å². The van der Waals surface area contributed by atoms with Gasteiger partial charge in [0.1, 0.15) is 0 Å². The summed E-state index contributed by atoms with van der Waals surface area (Å²) in [5.41, 5.74) is 4.97. The Hall–Kier alpha value is -1.09. The second-order valence-corrected chi connectivity index (χ2v) is 5.10. The summed E-state index contributed by atoms with van der Waals surface area (Å²) in [5.74, 6) is 0.463. The standard InChI is InChI=1S/C14H17BrN2/c1-10(2)14-12(8-15)9-16-17(14)13-7-5-4-6-11(13)3/h4-7,9-10H,8H2,1-3H3. The first-order valence-corrected chi connectivity index (χ1v) is 6.96. The van der Waals surface area contributed by atoms with Crippen molar-refractivity contribution < 1.29 is 0 Å². The maximum absolute atomic E-state index is 4.53. The fourth-order valence-electron chi connectivity index (χ4n) is 2.10. The third-order valence-corrected chi connectivity index (χ3v) is 3.52. The highest BCUT2D eigenvalue weighted by Crippen LogP contribution is 2.25. The van der Waals surface area contributed by atoms with E-state index in [1.165, 1.54) is 22.5 Å². The van der Waals surface area contributed by atoms with Gasteiger partial charge in [0, 0.05) is 10.9 Å². The Labute approximate surface area is 111 Å². The number of halogens is 1. The fraction of sp³-hybridized carbons (Fsp3) is 0.357. The Morgan fingerprint density at radius 1 is 1.29 bits per heavy atom. The number of hydrogen-bond acceptors (Lipinski definition) is 1. The van der Waals surface area contributed by atoms with Crippen LogP contribution in [0.4, 0.5) is 0 Å². The first-order valence-electron chi connectivity index (χ1n) is 5.84. The van der Waals surface area contributed by atoms with Gasteiger partial charge in [0.25, 0.3) is 0 Å². The van der Waals surface area contributed by atoms with Gasteiger partial charge >= 0.3 is 0 Å². The Morgan fingerprint density at radius 2 is 2.00 bits per heavy atom. The molecule has 0 aliphatic heterocycles. The molecular formula is C14H17BrN2. The second kappa shape index (κ2) is 5.05. The molecule has 1 aromatic heterocycles. The van der Waals surface area contributed by atoms with Gasteiger partial charge in [-0.05, 0) is 24.5 Å². The molecule has 2 rings (SSSR count). The van der Waals surface area contributed by atoms with Gasteiger partial charge < -0.3 is 0 Å². The molecular weight excluding hydrogens is 276 g/mol. The molecule has 1 heterocycles. The molecule has 0 saturated carbocycles. The lowest BCUT2D eigenvalue weighted by Crippen LogP contribution is -2.06. The monoisotopic (exact) mass is 292 g/mol. The molecule has 0 aliphatic rings. The minimum Gasteiger partial charge on any atom is -0.237 e. The lowest BCUT2D eigenvalue weighted by molar-refractivity contribution is 0.727. The molecule has 0 unspecified atom stereocenters. The van der Waals surface area contributed by atoms with Crippen LogP contribution in [0.25, 0.3) is 5.69 Å². The van der Waals surface area contributed by atoms with E-state index < -0.39 is 0 Å². The maximum Gasteiger partial charge on any atom is 0.0678 e. The zero-order valence-electron chi connectivity index (χ0n) is 10.4. The van der Waals surface area contributed by atoms with Crippen LogP contribution in [0.1, 0.15) is 36.6 Å². The van der Waals surface area contributed by atoms with E-state index in [4.69, 9.17) is 0 Å². The Bertz CT molecular complexity index is 515. The van der Waals surface area contributed by atoms with Gasteiger partial charge in [-0.2, -0.15) is 5.10 Å². The largest absolute Gasteiger partial charge is 0.237 e. The van der Waals surface area contributed by atoms with Crippen molar-refractivity contribution in [2.75, 3.05) is 0 Å². The molecule has 2 aromatic rings. The third-order valence-electron chi connectivity index (χ3n) is 2.92. The van der Waals surface area contributed by atoms with E-state index in [0.29, 0.717) is 5.92 Å². The Balaban J connectivity index is 2.60. The average Bonchev–Trinajstić information content (AvgIpc) is 2.73. The molecule has 0 fully saturated rings. The van der Waals surface area contributed by atoms with Crippen LogP contribution in [0.2, 0.25) is 0 Å². The highest BCUT2D eigenvalue weighted by Gasteiger charge is 2.15. The van der Waals surface area contributed by atoms with Gasteiger partial charge in [-0.1, -0.05) is 48.0 Å². The molecule has 0 radical (unpaired) electrons. The molecule has 0 amide bonds. The number of alkyl halides is 1. The third kappa shape index (κ3) is 2.29. The van der Waals surface area contributed by atoms with Gasteiger partial charge in [-0.3, -0.25) is 0 Å². The smallest absolute Gasteiger partial charge is 0.0678 e. The summed E-state index contributed by atoms with van der Waals surface area (Å²) in [7, 11) is 0. The van der Waals surface area contributed by atoms with Crippen molar-refractivity contribution in [3.63, 3.8) is 0 Å². The van der Waals surface area contributed by atoms with E-state index in [2.05, 4.69) is 70.7 Å². The first kappa shape index (κ1) is 12.4. The molecule has 17 heavy (non-hydrogen) atoms. The summed E-state index contributed by atoms with van der Waals surface area (Å²) in [6.45, 7) is 6.53. The second-order valence-electron chi connectivity index (χ2n) is 4.54. The van der Waals surface area contributed by atoms with Crippen molar-refractivity contribution in [3.8, 4) is 5.69 Å². The fourth-order valence-corrected chi connectivity index (χ4v) is 2.54. The molecule has 0 atom stereocenters. The number of hydrogen-bond donors (Lipinski definition) is 0. The zero-order valence-corrected chi connectivity index (χ0v) is 12.0. The van der Waals surface area contributed by atoms with Crippen LogP contribution in [-0.4, -0.2) is 9.78 Å². The van der Waals surface area contributed by atoms with Crippen LogP contribution in [0, 0.1) is 6.92 Å². The summed E-state index contributed by atoms with van der Waals surface area (Å²) in [6, 6.07) is 8.35. The van der Waals surface area contributed by atoms with Gasteiger partial charge in [-0.25, -0.2) is 4.68 Å². The van der Waals surface area contributed by atoms with Crippen molar-refractivity contribution in [3.05, 3.63) is 47.3 Å². The molecule has 0 bridgehead atoms. The predicted octanol–water partition coefficient (Wildman–Crippen LogP) is 4.20. The number of benzene rings is 1. The van der Waals surface area contributed by atoms with E-state index >= 15 is 0 Å². The number of nitrogens with zero attached hydrogens (tertiary/aromatic N) is 2. The molecule has 0 spiro atoms. The summed E-state index contributed by atoms with van der Waals surface area (Å²) in [5, 5.41) is 5.38. The van der Waals surface area contributed by atoms with E-state index in [9.17, 15) is 0 Å². The molecule has 0 saturated heterocycles. The molecule has 0 N–H and O–H groups in total. The quantitative estimate of drug-likeness (QED) is 0.776. The summed E-state index contributed by atoms with van der Waals surface area (Å²) >= 11 is 3.53. The van der Waals surface area contributed by atoms with Crippen LogP contribution < -0.4 is 0 Å². The number of para-hydroxylation sites is 1. The van der Waals surface area contributed by atoms with E-state index in [-0.39, 0.29) is 0 Å². The average molecular weight is 293 g/mol. The predicted molar refractivity (Wildman–Crippen MR) is 75.0 cm³/mol. The van der Waals surface area contributed by atoms with Gasteiger partial charge in [0.15, 0.2) is 0 Å². The van der Waals surface area contributed by atoms with Crippen LogP contribution in [-0.2, 0) is 5.33 Å². The van der Waals surface area contributed by atoms with Crippen molar-refractivity contribution >= 4 is 15.9 Å². The van der Waals surface area contributed by atoms with Crippen LogP contribution >= 0.6 is 15.9 Å². The topological polar surface area (TPSA) is 17.8 Å². The van der Waals surface area contributed by atoms with E-state index in [1.54, 1.807) is 0 Å². The van der Waals surface area contributed by atoms with Crippen LogP contribution in [0.15, 0.2) is 30.5 Å². The summed E-state index contributed by atoms with van der Waals surface area (Å²) in [4.78, 5) is 0. The van der Waals surface area contributed by atoms with Crippen molar-refractivity contribution in [2.45, 2.75) is 32.0 Å². The molecule has 1 aromatic carbocycles. The highest BCUT2D eigenvalue weighted by molar-refractivity contribution is 9.08. The lowest BCUT2D eigenvalue weighted by atomic mass is 10.1. The Morgan fingerprint density at radius 3 is 2.59 bits per heavy atom. The SMILES string of the molecule is Cc1ccccc1-n1ncc(CBr)c1C(C)C. The zero-order chi connectivity index (χ0) is 12.4. The summed E-state index contributed by atoms with van der Waals surface area (Å²) in [6.07, 6.45) is 1.95. The first-order chi connectivity index (χ1) is 8.15.